The number of alkyl halides is 1. The Morgan fingerprint density at radius 2 is 2.20 bits per heavy atom. The van der Waals surface area contributed by atoms with E-state index in [-0.39, 0.29) is 10.7 Å². The minimum Gasteiger partial charge on any atom is -0.352 e. The highest BCUT2D eigenvalue weighted by atomic mass is 79.9. The Hall–Kier alpha value is -0.840. The zero-order valence-electron chi connectivity index (χ0n) is 10.7. The van der Waals surface area contributed by atoms with Crippen molar-refractivity contribution < 1.29 is 4.79 Å². The van der Waals surface area contributed by atoms with E-state index in [1.54, 1.807) is 11.3 Å². The maximum Gasteiger partial charge on any atom is 0.251 e. The van der Waals surface area contributed by atoms with E-state index in [1.807, 2.05) is 17.5 Å². The molecular formula is C15H13BrClNOS. The lowest BCUT2D eigenvalue weighted by Gasteiger charge is -2.12. The van der Waals surface area contributed by atoms with Crippen molar-refractivity contribution in [3.8, 4) is 0 Å². The molecule has 1 unspecified atom stereocenters. The van der Waals surface area contributed by atoms with Crippen molar-refractivity contribution in [3.05, 3.63) is 56.2 Å². The van der Waals surface area contributed by atoms with Crippen molar-refractivity contribution in [2.75, 3.05) is 6.54 Å². The van der Waals surface area contributed by atoms with Gasteiger partial charge in [0.1, 0.15) is 0 Å². The Kier molecular flexibility index (Phi) is 4.15. The third-order valence-corrected chi connectivity index (χ3v) is 6.17. The van der Waals surface area contributed by atoms with Crippen LogP contribution in [0.15, 0.2) is 29.6 Å². The van der Waals surface area contributed by atoms with Crippen LogP contribution in [0.25, 0.3) is 0 Å². The molecule has 20 heavy (non-hydrogen) atoms. The largest absolute Gasteiger partial charge is 0.352 e. The van der Waals surface area contributed by atoms with Gasteiger partial charge in [-0.15, -0.1) is 11.3 Å². The van der Waals surface area contributed by atoms with Crippen molar-refractivity contribution in [2.45, 2.75) is 17.7 Å². The van der Waals surface area contributed by atoms with Crippen LogP contribution in [0.2, 0.25) is 5.02 Å². The molecule has 0 radical (unpaired) electrons. The van der Waals surface area contributed by atoms with Gasteiger partial charge >= 0.3 is 0 Å². The first-order valence-electron chi connectivity index (χ1n) is 6.45. The van der Waals surface area contributed by atoms with Crippen LogP contribution in [-0.4, -0.2) is 12.5 Å². The number of rotatable bonds is 2. The van der Waals surface area contributed by atoms with E-state index in [4.69, 9.17) is 11.6 Å². The van der Waals surface area contributed by atoms with Crippen LogP contribution in [0.1, 0.15) is 37.6 Å². The van der Waals surface area contributed by atoms with Gasteiger partial charge in [-0.05, 0) is 41.5 Å². The molecule has 2 aromatic rings. The lowest BCUT2D eigenvalue weighted by molar-refractivity contribution is 0.0956. The van der Waals surface area contributed by atoms with Crippen LogP contribution < -0.4 is 5.32 Å². The SMILES string of the molecule is O=C1NCCCc2ccc(C(Br)c3sccc3Cl)cc21. The van der Waals surface area contributed by atoms with E-state index in [0.717, 1.165) is 46.0 Å². The van der Waals surface area contributed by atoms with Crippen molar-refractivity contribution in [1.82, 2.24) is 5.32 Å². The molecule has 0 saturated heterocycles. The minimum atomic E-state index is 0.0244. The summed E-state index contributed by atoms with van der Waals surface area (Å²) in [4.78, 5) is 13.2. The molecular weight excluding hydrogens is 358 g/mol. The number of hydrogen-bond donors (Lipinski definition) is 1. The quantitative estimate of drug-likeness (QED) is 0.771. The number of hydrogen-bond acceptors (Lipinski definition) is 2. The van der Waals surface area contributed by atoms with Gasteiger partial charge in [-0.1, -0.05) is 39.7 Å². The molecule has 104 valence electrons. The number of amides is 1. The van der Waals surface area contributed by atoms with Crippen molar-refractivity contribution in [1.29, 1.82) is 0 Å². The molecule has 5 heteroatoms. The van der Waals surface area contributed by atoms with Crippen LogP contribution in [0, 0.1) is 0 Å². The number of aryl methyl sites for hydroxylation is 1. The highest BCUT2D eigenvalue weighted by Crippen LogP contribution is 2.39. The number of nitrogens with one attached hydrogen (secondary N) is 1. The molecule has 1 aliphatic rings. The standard InChI is InChI=1S/C15H13BrClNOS/c16-13(14-12(17)5-7-20-14)10-4-3-9-2-1-6-18-15(19)11(9)8-10/h3-5,7-8,13H,1-2,6H2,(H,18,19). The maximum atomic E-state index is 12.1. The van der Waals surface area contributed by atoms with Gasteiger partial charge in [-0.25, -0.2) is 0 Å². The van der Waals surface area contributed by atoms with E-state index in [9.17, 15) is 4.79 Å². The predicted octanol–water partition coefficient (Wildman–Crippen LogP) is 4.56. The second kappa shape index (κ2) is 5.88. The summed E-state index contributed by atoms with van der Waals surface area (Å²) in [6, 6.07) is 8.01. The minimum absolute atomic E-state index is 0.0244. The van der Waals surface area contributed by atoms with Gasteiger partial charge in [-0.3, -0.25) is 4.79 Å². The summed E-state index contributed by atoms with van der Waals surface area (Å²) >= 11 is 11.5. The smallest absolute Gasteiger partial charge is 0.251 e. The monoisotopic (exact) mass is 369 g/mol. The summed E-state index contributed by atoms with van der Waals surface area (Å²) in [7, 11) is 0. The molecule has 0 saturated carbocycles. The normalized spacial score (nSPS) is 16.2. The molecule has 0 aliphatic carbocycles. The lowest BCUT2D eigenvalue weighted by atomic mass is 9.99. The Morgan fingerprint density at radius 3 is 2.95 bits per heavy atom. The average molecular weight is 371 g/mol. The Bertz CT molecular complexity index is 655. The molecule has 1 aliphatic heterocycles. The zero-order chi connectivity index (χ0) is 14.1. The summed E-state index contributed by atoms with van der Waals surface area (Å²) in [5.41, 5.74) is 2.98. The second-order valence-corrected chi connectivity index (χ2v) is 7.04. The van der Waals surface area contributed by atoms with Crippen LogP contribution in [0.5, 0.6) is 0 Å². The molecule has 1 N–H and O–H groups in total. The van der Waals surface area contributed by atoms with Gasteiger partial charge in [0.25, 0.3) is 5.91 Å². The highest BCUT2D eigenvalue weighted by molar-refractivity contribution is 9.09. The third kappa shape index (κ3) is 2.65. The predicted molar refractivity (Wildman–Crippen MR) is 87.2 cm³/mol. The highest BCUT2D eigenvalue weighted by Gasteiger charge is 2.20. The molecule has 0 fully saturated rings. The average Bonchev–Trinajstić information content (AvgIpc) is 2.79. The van der Waals surface area contributed by atoms with Gasteiger partial charge in [0, 0.05) is 17.0 Å². The van der Waals surface area contributed by atoms with Crippen molar-refractivity contribution in [2.24, 2.45) is 0 Å². The number of fused-ring (bicyclic) bond motifs is 1. The van der Waals surface area contributed by atoms with Crippen LogP contribution in [0.3, 0.4) is 0 Å². The first-order chi connectivity index (χ1) is 9.66. The van der Waals surface area contributed by atoms with E-state index in [0.29, 0.717) is 0 Å². The first-order valence-corrected chi connectivity index (χ1v) is 8.62. The summed E-state index contributed by atoms with van der Waals surface area (Å²) in [6.45, 7) is 0.747. The molecule has 1 atom stereocenters. The zero-order valence-corrected chi connectivity index (χ0v) is 13.8. The summed E-state index contributed by atoms with van der Waals surface area (Å²) in [5.74, 6) is 0.0244. The lowest BCUT2D eigenvalue weighted by Crippen LogP contribution is -2.22. The number of thiophene rings is 1. The van der Waals surface area contributed by atoms with Crippen LogP contribution in [-0.2, 0) is 6.42 Å². The molecule has 2 nitrogen and oxygen atoms in total. The molecule has 1 aromatic heterocycles. The fraction of sp³-hybridized carbons (Fsp3) is 0.267. The van der Waals surface area contributed by atoms with E-state index < -0.39 is 0 Å². The van der Waals surface area contributed by atoms with E-state index in [2.05, 4.69) is 33.4 Å². The topological polar surface area (TPSA) is 29.1 Å². The Labute approximate surface area is 135 Å². The van der Waals surface area contributed by atoms with E-state index >= 15 is 0 Å². The molecule has 0 bridgehead atoms. The van der Waals surface area contributed by atoms with Crippen molar-refractivity contribution >= 4 is 44.8 Å². The van der Waals surface area contributed by atoms with Gasteiger partial charge in [0.2, 0.25) is 0 Å². The van der Waals surface area contributed by atoms with Crippen molar-refractivity contribution in [3.63, 3.8) is 0 Å². The Morgan fingerprint density at radius 1 is 1.35 bits per heavy atom. The number of benzene rings is 1. The molecule has 2 heterocycles. The number of carbonyl (C=O) groups is 1. The number of carbonyl (C=O) groups excluding carboxylic acids is 1. The van der Waals surface area contributed by atoms with Gasteiger partial charge in [-0.2, -0.15) is 0 Å². The summed E-state index contributed by atoms with van der Waals surface area (Å²) in [5, 5.41) is 5.67. The first kappa shape index (κ1) is 14.1. The van der Waals surface area contributed by atoms with Gasteiger partial charge in [0.15, 0.2) is 0 Å². The summed E-state index contributed by atoms with van der Waals surface area (Å²) in [6.07, 6.45) is 1.94. The Balaban J connectivity index is 2.00. The third-order valence-electron chi connectivity index (χ3n) is 3.45. The fourth-order valence-corrected chi connectivity index (χ4v) is 4.55. The fourth-order valence-electron chi connectivity index (χ4n) is 2.39. The molecule has 1 aromatic carbocycles. The molecule has 0 spiro atoms. The molecule has 3 rings (SSSR count). The van der Waals surface area contributed by atoms with Crippen LogP contribution >= 0.6 is 38.9 Å². The summed E-state index contributed by atoms with van der Waals surface area (Å²) < 4.78 is 0. The van der Waals surface area contributed by atoms with Crippen LogP contribution in [0.4, 0.5) is 0 Å². The van der Waals surface area contributed by atoms with Gasteiger partial charge in [0.05, 0.1) is 9.85 Å². The number of halogens is 2. The molecule has 1 amide bonds. The van der Waals surface area contributed by atoms with Gasteiger partial charge < -0.3 is 5.32 Å². The maximum absolute atomic E-state index is 12.1. The second-order valence-electron chi connectivity index (χ2n) is 4.77. The van der Waals surface area contributed by atoms with E-state index in [1.165, 1.54) is 0 Å².